The Morgan fingerprint density at radius 3 is 2.85 bits per heavy atom. The number of amides is 1. The number of benzene rings is 1. The van der Waals surface area contributed by atoms with Crippen molar-refractivity contribution in [2.45, 2.75) is 13.5 Å². The van der Waals surface area contributed by atoms with E-state index in [9.17, 15) is 9.59 Å². The van der Waals surface area contributed by atoms with E-state index in [4.69, 9.17) is 4.74 Å². The molecule has 27 heavy (non-hydrogen) atoms. The van der Waals surface area contributed by atoms with Gasteiger partial charge in [0.1, 0.15) is 5.69 Å². The fourth-order valence-electron chi connectivity index (χ4n) is 2.92. The molecule has 8 nitrogen and oxygen atoms in total. The molecule has 0 unspecified atom stereocenters. The second-order valence-electron chi connectivity index (χ2n) is 6.27. The van der Waals surface area contributed by atoms with Crippen LogP contribution in [-0.2, 0) is 11.3 Å². The number of carbonyl (C=O) groups is 1. The van der Waals surface area contributed by atoms with Crippen LogP contribution < -0.4 is 15.8 Å². The van der Waals surface area contributed by atoms with E-state index in [0.717, 1.165) is 29.3 Å². The quantitative estimate of drug-likeness (QED) is 0.727. The van der Waals surface area contributed by atoms with Gasteiger partial charge in [0, 0.05) is 25.7 Å². The third-order valence-corrected chi connectivity index (χ3v) is 5.43. The van der Waals surface area contributed by atoms with E-state index in [1.165, 1.54) is 21.9 Å². The van der Waals surface area contributed by atoms with Gasteiger partial charge in [-0.25, -0.2) is 0 Å². The SMILES string of the molecule is Cc1ccccc1CNC(=O)c1cc(=O)nc2sc(N3CCOCC3)nn12. The smallest absolute Gasteiger partial charge is 0.274 e. The van der Waals surface area contributed by atoms with E-state index in [2.05, 4.69) is 20.3 Å². The molecule has 1 N–H and O–H groups in total. The minimum absolute atomic E-state index is 0.189. The number of hydrogen-bond acceptors (Lipinski definition) is 7. The number of hydrogen-bond donors (Lipinski definition) is 1. The molecule has 0 bridgehead atoms. The normalized spacial score (nSPS) is 14.5. The highest BCUT2D eigenvalue weighted by Gasteiger charge is 2.20. The molecule has 0 aliphatic carbocycles. The summed E-state index contributed by atoms with van der Waals surface area (Å²) in [6.07, 6.45) is 0. The largest absolute Gasteiger partial charge is 0.378 e. The number of aromatic nitrogens is 3. The van der Waals surface area contributed by atoms with Crippen LogP contribution in [0.15, 0.2) is 35.1 Å². The van der Waals surface area contributed by atoms with Gasteiger partial charge >= 0.3 is 0 Å². The fourth-order valence-corrected chi connectivity index (χ4v) is 3.88. The molecule has 1 aromatic carbocycles. The zero-order chi connectivity index (χ0) is 18.8. The average molecular weight is 385 g/mol. The van der Waals surface area contributed by atoms with Crippen molar-refractivity contribution < 1.29 is 9.53 Å². The van der Waals surface area contributed by atoms with Crippen LogP contribution in [0.3, 0.4) is 0 Å². The minimum atomic E-state index is -0.451. The number of fused-ring (bicyclic) bond motifs is 1. The summed E-state index contributed by atoms with van der Waals surface area (Å²) in [4.78, 5) is 31.1. The first kappa shape index (κ1) is 17.6. The maximum absolute atomic E-state index is 12.7. The van der Waals surface area contributed by atoms with Gasteiger partial charge in [-0.2, -0.15) is 9.50 Å². The van der Waals surface area contributed by atoms with Crippen molar-refractivity contribution in [3.63, 3.8) is 0 Å². The molecule has 1 aliphatic rings. The van der Waals surface area contributed by atoms with Crippen LogP contribution in [-0.4, -0.2) is 46.8 Å². The summed E-state index contributed by atoms with van der Waals surface area (Å²) in [7, 11) is 0. The molecule has 9 heteroatoms. The molecule has 4 rings (SSSR count). The zero-order valence-electron chi connectivity index (χ0n) is 14.8. The Balaban J connectivity index is 1.62. The van der Waals surface area contributed by atoms with Gasteiger partial charge in [-0.15, -0.1) is 5.10 Å². The summed E-state index contributed by atoms with van der Waals surface area (Å²) in [5, 5.41) is 8.11. The predicted molar refractivity (Wildman–Crippen MR) is 103 cm³/mol. The van der Waals surface area contributed by atoms with Gasteiger partial charge in [-0.3, -0.25) is 9.59 Å². The first-order valence-electron chi connectivity index (χ1n) is 8.68. The lowest BCUT2D eigenvalue weighted by Gasteiger charge is -2.25. The van der Waals surface area contributed by atoms with Crippen molar-refractivity contribution in [2.75, 3.05) is 31.2 Å². The van der Waals surface area contributed by atoms with E-state index in [-0.39, 0.29) is 11.6 Å². The summed E-state index contributed by atoms with van der Waals surface area (Å²) < 4.78 is 6.81. The van der Waals surface area contributed by atoms with E-state index in [1.807, 2.05) is 31.2 Å². The molecule has 0 saturated carbocycles. The Morgan fingerprint density at radius 1 is 1.30 bits per heavy atom. The third kappa shape index (κ3) is 3.69. The Bertz CT molecular complexity index is 1040. The van der Waals surface area contributed by atoms with E-state index >= 15 is 0 Å². The van der Waals surface area contributed by atoms with E-state index < -0.39 is 5.56 Å². The van der Waals surface area contributed by atoms with Crippen molar-refractivity contribution in [1.82, 2.24) is 19.9 Å². The molecule has 1 fully saturated rings. The predicted octanol–water partition coefficient (Wildman–Crippen LogP) is 1.23. The van der Waals surface area contributed by atoms with Crippen LogP contribution in [0.1, 0.15) is 21.6 Å². The van der Waals surface area contributed by atoms with Gasteiger partial charge in [-0.05, 0) is 18.1 Å². The van der Waals surface area contributed by atoms with Crippen LogP contribution in [0.5, 0.6) is 0 Å². The Hall–Kier alpha value is -2.78. The van der Waals surface area contributed by atoms with Crippen LogP contribution in [0, 0.1) is 6.92 Å². The maximum Gasteiger partial charge on any atom is 0.274 e. The number of nitrogens with zero attached hydrogens (tertiary/aromatic N) is 4. The highest BCUT2D eigenvalue weighted by molar-refractivity contribution is 7.20. The molecule has 0 radical (unpaired) electrons. The average Bonchev–Trinajstić information content (AvgIpc) is 3.11. The minimum Gasteiger partial charge on any atom is -0.378 e. The maximum atomic E-state index is 12.7. The number of carbonyl (C=O) groups excluding carboxylic acids is 1. The lowest BCUT2D eigenvalue weighted by Crippen LogP contribution is -2.36. The van der Waals surface area contributed by atoms with Crippen molar-refractivity contribution in [3.05, 3.63) is 57.5 Å². The molecule has 3 aromatic rings. The van der Waals surface area contributed by atoms with Gasteiger partial charge in [-0.1, -0.05) is 35.6 Å². The summed E-state index contributed by atoms with van der Waals surface area (Å²) in [6.45, 7) is 5.07. The summed E-state index contributed by atoms with van der Waals surface area (Å²) in [6, 6.07) is 9.06. The standard InChI is InChI=1S/C18H19N5O3S/c1-12-4-2-3-5-13(12)11-19-16(25)14-10-15(24)20-17-23(14)21-18(27-17)22-6-8-26-9-7-22/h2-5,10H,6-9,11H2,1H3,(H,19,25). The molecular formula is C18H19N5O3S. The van der Waals surface area contributed by atoms with Crippen molar-refractivity contribution >= 4 is 27.3 Å². The van der Waals surface area contributed by atoms with Gasteiger partial charge in [0.25, 0.3) is 11.5 Å². The van der Waals surface area contributed by atoms with Gasteiger partial charge < -0.3 is 15.0 Å². The molecule has 1 aliphatic heterocycles. The molecule has 1 saturated heterocycles. The van der Waals surface area contributed by atoms with Crippen LogP contribution in [0.4, 0.5) is 5.13 Å². The molecular weight excluding hydrogens is 366 g/mol. The Kier molecular flexibility index (Phi) is 4.87. The van der Waals surface area contributed by atoms with Crippen LogP contribution in [0.2, 0.25) is 0 Å². The molecule has 0 atom stereocenters. The summed E-state index contributed by atoms with van der Waals surface area (Å²) >= 11 is 1.30. The second kappa shape index (κ2) is 7.45. The molecule has 140 valence electrons. The molecule has 0 spiro atoms. The highest BCUT2D eigenvalue weighted by Crippen LogP contribution is 2.23. The van der Waals surface area contributed by atoms with Crippen LogP contribution >= 0.6 is 11.3 Å². The van der Waals surface area contributed by atoms with Gasteiger partial charge in [0.15, 0.2) is 0 Å². The summed E-state index contributed by atoms with van der Waals surface area (Å²) in [5.41, 5.74) is 1.86. The monoisotopic (exact) mass is 385 g/mol. The number of ether oxygens (including phenoxy) is 1. The zero-order valence-corrected chi connectivity index (χ0v) is 15.7. The third-order valence-electron chi connectivity index (χ3n) is 4.46. The first-order chi connectivity index (χ1) is 13.1. The lowest BCUT2D eigenvalue weighted by atomic mass is 10.1. The number of anilines is 1. The molecule has 2 aromatic heterocycles. The highest BCUT2D eigenvalue weighted by atomic mass is 32.1. The first-order valence-corrected chi connectivity index (χ1v) is 9.50. The second-order valence-corrected chi connectivity index (χ2v) is 7.20. The number of aryl methyl sites for hydroxylation is 1. The van der Waals surface area contributed by atoms with Crippen molar-refractivity contribution in [2.24, 2.45) is 0 Å². The van der Waals surface area contributed by atoms with Gasteiger partial charge in [0.05, 0.1) is 13.2 Å². The molecule has 3 heterocycles. The fraction of sp³-hybridized carbons (Fsp3) is 0.333. The van der Waals surface area contributed by atoms with E-state index in [1.54, 1.807) is 0 Å². The molecule has 1 amide bonds. The summed E-state index contributed by atoms with van der Waals surface area (Å²) in [5.74, 6) is -0.355. The number of rotatable bonds is 4. The topological polar surface area (TPSA) is 88.8 Å². The van der Waals surface area contributed by atoms with Crippen molar-refractivity contribution in [1.29, 1.82) is 0 Å². The number of nitrogens with one attached hydrogen (secondary N) is 1. The van der Waals surface area contributed by atoms with Crippen LogP contribution in [0.25, 0.3) is 4.96 Å². The Morgan fingerprint density at radius 2 is 2.07 bits per heavy atom. The van der Waals surface area contributed by atoms with Crippen molar-refractivity contribution in [3.8, 4) is 0 Å². The number of morpholine rings is 1. The van der Waals surface area contributed by atoms with Gasteiger partial charge in [0.2, 0.25) is 10.1 Å². The Labute approximate surface area is 159 Å². The van der Waals surface area contributed by atoms with E-state index in [0.29, 0.717) is 24.7 Å². The lowest BCUT2D eigenvalue weighted by molar-refractivity contribution is 0.0943.